The van der Waals surface area contributed by atoms with Crippen LogP contribution in [-0.2, 0) is 29.2 Å². The third-order valence-electron chi connectivity index (χ3n) is 5.83. The second-order valence-electron chi connectivity index (χ2n) is 8.03. The molecule has 3 aromatic rings. The van der Waals surface area contributed by atoms with Crippen molar-refractivity contribution in [3.63, 3.8) is 0 Å². The van der Waals surface area contributed by atoms with Crippen molar-refractivity contribution < 1.29 is 31.5 Å². The fraction of sp³-hybridized carbons (Fsp3) is 0.381. The number of anilines is 1. The molecule has 12 heteroatoms. The highest BCUT2D eigenvalue weighted by Gasteiger charge is 2.38. The van der Waals surface area contributed by atoms with Crippen LogP contribution in [0, 0.1) is 0 Å². The predicted octanol–water partition coefficient (Wildman–Crippen LogP) is 3.13. The molecule has 2 aromatic heterocycles. The van der Waals surface area contributed by atoms with E-state index in [1.165, 1.54) is 6.07 Å². The van der Waals surface area contributed by atoms with Gasteiger partial charge in [-0.1, -0.05) is 0 Å². The Morgan fingerprint density at radius 1 is 1.24 bits per heavy atom. The number of fused-ring (bicyclic) bond motifs is 3. The van der Waals surface area contributed by atoms with Gasteiger partial charge < -0.3 is 14.6 Å². The molecule has 1 atom stereocenters. The lowest BCUT2D eigenvalue weighted by Crippen LogP contribution is -2.38. The number of benzene rings is 1. The Bertz CT molecular complexity index is 1380. The molecule has 0 saturated carbocycles. The van der Waals surface area contributed by atoms with Crippen molar-refractivity contribution in [3.8, 4) is 0 Å². The Morgan fingerprint density at radius 3 is 2.52 bits per heavy atom. The molecule has 0 aliphatic carbocycles. The fourth-order valence-corrected chi connectivity index (χ4v) is 5.17. The molecular formula is C21H21F3N4O4S. The van der Waals surface area contributed by atoms with Crippen LogP contribution in [0.4, 0.5) is 19.1 Å². The average molecular weight is 482 g/mol. The zero-order valence-electron chi connectivity index (χ0n) is 18.0. The molecule has 0 saturated heterocycles. The minimum absolute atomic E-state index is 0.0338. The van der Waals surface area contributed by atoms with Crippen LogP contribution in [-0.4, -0.2) is 46.6 Å². The van der Waals surface area contributed by atoms with Crippen LogP contribution in [0.5, 0.6) is 0 Å². The number of halogens is 3. The number of sulfone groups is 1. The Labute approximate surface area is 187 Å². The first kappa shape index (κ1) is 23.2. The molecule has 4 rings (SSSR count). The summed E-state index contributed by atoms with van der Waals surface area (Å²) in [6, 6.07) is 4.50. The molecule has 1 aliphatic rings. The monoisotopic (exact) mass is 482 g/mol. The van der Waals surface area contributed by atoms with Crippen LogP contribution in [0.15, 0.2) is 29.3 Å². The number of aliphatic hydroxyl groups excluding tert-OH is 1. The van der Waals surface area contributed by atoms with Crippen LogP contribution >= 0.6 is 0 Å². The van der Waals surface area contributed by atoms with E-state index in [-0.39, 0.29) is 23.0 Å². The zero-order valence-corrected chi connectivity index (χ0v) is 18.8. The topological polar surface area (TPSA) is 105 Å². The highest BCUT2D eigenvalue weighted by Crippen LogP contribution is 2.37. The summed E-state index contributed by atoms with van der Waals surface area (Å²) in [6.07, 6.45) is -2.84. The molecule has 1 aromatic carbocycles. The third kappa shape index (κ3) is 3.97. The Balaban J connectivity index is 1.81. The van der Waals surface area contributed by atoms with Gasteiger partial charge in [-0.25, -0.2) is 18.4 Å². The number of alkyl halides is 3. The number of nitrogens with zero attached hydrogens (tertiary/aromatic N) is 4. The van der Waals surface area contributed by atoms with E-state index >= 15 is 0 Å². The number of Topliss-reactive ketones (excluding diaryl/α,β-unsaturated/α-hetero) is 1. The third-order valence-corrected chi connectivity index (χ3v) is 7.01. The predicted molar refractivity (Wildman–Crippen MR) is 114 cm³/mol. The lowest BCUT2D eigenvalue weighted by Gasteiger charge is -2.35. The number of ketones is 1. The van der Waals surface area contributed by atoms with Gasteiger partial charge in [0.15, 0.2) is 21.3 Å². The minimum atomic E-state index is -4.81. The van der Waals surface area contributed by atoms with E-state index in [9.17, 15) is 31.5 Å². The first-order valence-electron chi connectivity index (χ1n) is 10.0. The normalized spacial score (nSPS) is 16.8. The minimum Gasteiger partial charge on any atom is -0.392 e. The van der Waals surface area contributed by atoms with Gasteiger partial charge in [0.1, 0.15) is 0 Å². The molecule has 0 fully saturated rings. The number of hydrogen-bond acceptors (Lipinski definition) is 7. The van der Waals surface area contributed by atoms with Crippen molar-refractivity contribution in [1.82, 2.24) is 14.5 Å². The van der Waals surface area contributed by atoms with Crippen molar-refractivity contribution in [2.24, 2.45) is 0 Å². The SMILES string of the molecule is CC(=O)c1cnc(N2CCn3c(cc4cc(CO)c(S(C)(=O)=O)cc43)C2C)nc1C(F)(F)F. The molecule has 0 radical (unpaired) electrons. The number of aliphatic hydroxyl groups is 1. The van der Waals surface area contributed by atoms with Gasteiger partial charge in [0.05, 0.1) is 23.1 Å². The lowest BCUT2D eigenvalue weighted by atomic mass is 10.1. The van der Waals surface area contributed by atoms with Crippen molar-refractivity contribution >= 4 is 32.5 Å². The van der Waals surface area contributed by atoms with E-state index in [1.54, 1.807) is 17.9 Å². The van der Waals surface area contributed by atoms with Gasteiger partial charge in [0.2, 0.25) is 5.95 Å². The summed E-state index contributed by atoms with van der Waals surface area (Å²) < 4.78 is 66.8. The molecule has 1 N–H and O–H groups in total. The molecule has 8 nitrogen and oxygen atoms in total. The first-order chi connectivity index (χ1) is 15.3. The number of rotatable bonds is 4. The molecule has 1 unspecified atom stereocenters. The van der Waals surface area contributed by atoms with E-state index in [0.29, 0.717) is 17.4 Å². The van der Waals surface area contributed by atoms with Gasteiger partial charge in [0, 0.05) is 42.1 Å². The highest BCUT2D eigenvalue weighted by atomic mass is 32.2. The Morgan fingerprint density at radius 2 is 1.94 bits per heavy atom. The van der Waals surface area contributed by atoms with E-state index in [2.05, 4.69) is 9.97 Å². The maximum atomic E-state index is 13.5. The molecular weight excluding hydrogens is 461 g/mol. The smallest absolute Gasteiger partial charge is 0.392 e. The summed E-state index contributed by atoms with van der Waals surface area (Å²) >= 11 is 0. The van der Waals surface area contributed by atoms with Crippen LogP contribution in [0.2, 0.25) is 0 Å². The number of carbonyl (C=O) groups excluding carboxylic acids is 1. The Hall–Kier alpha value is -2.99. The van der Waals surface area contributed by atoms with Gasteiger partial charge in [-0.15, -0.1) is 0 Å². The van der Waals surface area contributed by atoms with Crippen molar-refractivity contribution in [1.29, 1.82) is 0 Å². The number of carbonyl (C=O) groups is 1. The zero-order chi connectivity index (χ0) is 24.3. The van der Waals surface area contributed by atoms with Crippen LogP contribution in [0.1, 0.15) is 47.2 Å². The average Bonchev–Trinajstić information content (AvgIpc) is 3.10. The molecule has 176 valence electrons. The van der Waals surface area contributed by atoms with Crippen LogP contribution < -0.4 is 4.90 Å². The highest BCUT2D eigenvalue weighted by molar-refractivity contribution is 7.90. The van der Waals surface area contributed by atoms with Crippen molar-refractivity contribution in [3.05, 3.63) is 46.9 Å². The first-order valence-corrected chi connectivity index (χ1v) is 11.9. The second kappa shape index (κ2) is 7.80. The van der Waals surface area contributed by atoms with E-state index < -0.39 is 45.7 Å². The second-order valence-corrected chi connectivity index (χ2v) is 10.0. The van der Waals surface area contributed by atoms with Crippen molar-refractivity contribution in [2.75, 3.05) is 17.7 Å². The summed E-state index contributed by atoms with van der Waals surface area (Å²) in [4.78, 5) is 21.0. The van der Waals surface area contributed by atoms with Gasteiger partial charge >= 0.3 is 6.18 Å². The van der Waals surface area contributed by atoms with E-state index in [1.807, 2.05) is 10.6 Å². The summed E-state index contributed by atoms with van der Waals surface area (Å²) in [5.74, 6) is -0.925. The molecule has 0 amide bonds. The number of aromatic nitrogens is 3. The summed E-state index contributed by atoms with van der Waals surface area (Å²) in [5.41, 5.74) is -0.203. The van der Waals surface area contributed by atoms with E-state index in [0.717, 1.165) is 25.1 Å². The van der Waals surface area contributed by atoms with Gasteiger partial charge in [-0.3, -0.25) is 4.79 Å². The van der Waals surface area contributed by atoms with Gasteiger partial charge in [0.25, 0.3) is 0 Å². The maximum absolute atomic E-state index is 13.5. The molecule has 0 bridgehead atoms. The molecule has 3 heterocycles. The maximum Gasteiger partial charge on any atom is 0.434 e. The molecule has 0 spiro atoms. The molecule has 33 heavy (non-hydrogen) atoms. The number of hydrogen-bond donors (Lipinski definition) is 1. The molecule has 1 aliphatic heterocycles. The fourth-order valence-electron chi connectivity index (χ4n) is 4.24. The summed E-state index contributed by atoms with van der Waals surface area (Å²) in [7, 11) is -3.58. The Kier molecular flexibility index (Phi) is 5.48. The standard InChI is InChI=1S/C21H21F3N4O4S/c1-11-16-7-13-6-14(10-29)18(33(3,31)32)8-17(13)28(16)5-4-27(11)20-25-9-15(12(2)30)19(26-20)21(22,23)24/h6-9,11,29H,4-5,10H2,1-3H3. The quantitative estimate of drug-likeness (QED) is 0.570. The summed E-state index contributed by atoms with van der Waals surface area (Å²) in [5, 5.41) is 10.3. The lowest BCUT2D eigenvalue weighted by molar-refractivity contribution is -0.141. The van der Waals surface area contributed by atoms with Gasteiger partial charge in [-0.2, -0.15) is 13.2 Å². The van der Waals surface area contributed by atoms with Crippen LogP contribution in [0.3, 0.4) is 0 Å². The largest absolute Gasteiger partial charge is 0.434 e. The van der Waals surface area contributed by atoms with Crippen molar-refractivity contribution in [2.45, 2.75) is 44.1 Å². The van der Waals surface area contributed by atoms with E-state index in [4.69, 9.17) is 0 Å². The van der Waals surface area contributed by atoms with Gasteiger partial charge in [-0.05, 0) is 37.6 Å². The summed E-state index contributed by atoms with van der Waals surface area (Å²) in [6.45, 7) is 2.98. The van der Waals surface area contributed by atoms with Crippen LogP contribution in [0.25, 0.3) is 10.9 Å².